The van der Waals surface area contributed by atoms with Crippen LogP contribution in [-0.4, -0.2) is 69.8 Å². The van der Waals surface area contributed by atoms with Gasteiger partial charge in [-0.3, -0.25) is 4.79 Å². The number of piperidine rings is 1. The summed E-state index contributed by atoms with van der Waals surface area (Å²) < 4.78 is 5.41. The highest BCUT2D eigenvalue weighted by molar-refractivity contribution is 7.99. The molecule has 1 saturated heterocycles. The molecular weight excluding hydrogens is 376 g/mol. The average Bonchev–Trinajstić information content (AvgIpc) is 2.57. The number of aromatic nitrogens is 2. The zero-order valence-corrected chi connectivity index (χ0v) is 18.6. The van der Waals surface area contributed by atoms with Crippen LogP contribution in [0.3, 0.4) is 0 Å². The number of likely N-dealkylation sites (tertiary alicyclic amines) is 1. The summed E-state index contributed by atoms with van der Waals surface area (Å²) in [4.78, 5) is 37.1. The molecule has 1 aliphatic rings. The van der Waals surface area contributed by atoms with Crippen LogP contribution in [0.5, 0.6) is 0 Å². The van der Waals surface area contributed by atoms with Crippen molar-refractivity contribution in [2.75, 3.05) is 32.4 Å². The van der Waals surface area contributed by atoms with Gasteiger partial charge in [-0.2, -0.15) is 0 Å². The number of carbonyl (C=O) groups excluding carboxylic acids is 2. The molecule has 1 aliphatic heterocycles. The van der Waals surface area contributed by atoms with Gasteiger partial charge in [-0.05, 0) is 59.4 Å². The Balaban J connectivity index is 1.84. The van der Waals surface area contributed by atoms with Crippen LogP contribution in [0.2, 0.25) is 0 Å². The lowest BCUT2D eigenvalue weighted by Gasteiger charge is -2.35. The Labute approximate surface area is 172 Å². The number of carbonyl (C=O) groups is 2. The molecule has 1 fully saturated rings. The van der Waals surface area contributed by atoms with Gasteiger partial charge in [0, 0.05) is 38.1 Å². The molecule has 2 amide bonds. The Morgan fingerprint density at radius 1 is 1.29 bits per heavy atom. The first-order chi connectivity index (χ1) is 13.0. The van der Waals surface area contributed by atoms with Crippen LogP contribution in [0.1, 0.15) is 45.0 Å². The molecule has 0 unspecified atom stereocenters. The number of rotatable bonds is 5. The minimum atomic E-state index is -0.507. The minimum absolute atomic E-state index is 0.0948. The van der Waals surface area contributed by atoms with Crippen LogP contribution in [-0.2, 0) is 9.53 Å². The normalized spacial score (nSPS) is 17.4. The average molecular weight is 409 g/mol. The van der Waals surface area contributed by atoms with Gasteiger partial charge in [-0.15, -0.1) is 0 Å². The van der Waals surface area contributed by atoms with E-state index in [9.17, 15) is 9.59 Å². The van der Waals surface area contributed by atoms with E-state index in [1.807, 2.05) is 45.6 Å². The molecule has 7 nitrogen and oxygen atoms in total. The van der Waals surface area contributed by atoms with Crippen molar-refractivity contribution >= 4 is 23.8 Å². The molecule has 8 heteroatoms. The monoisotopic (exact) mass is 408 g/mol. The van der Waals surface area contributed by atoms with Crippen LogP contribution in [0.15, 0.2) is 11.2 Å². The Hall–Kier alpha value is -1.83. The van der Waals surface area contributed by atoms with Crippen LogP contribution >= 0.6 is 11.8 Å². The second-order valence-electron chi connectivity index (χ2n) is 8.43. The summed E-state index contributed by atoms with van der Waals surface area (Å²) in [5.74, 6) is 0.687. The fourth-order valence-electron chi connectivity index (χ4n) is 3.22. The van der Waals surface area contributed by atoms with Gasteiger partial charge in [0.1, 0.15) is 5.60 Å². The zero-order valence-electron chi connectivity index (χ0n) is 17.8. The van der Waals surface area contributed by atoms with Crippen molar-refractivity contribution in [2.24, 2.45) is 5.92 Å². The lowest BCUT2D eigenvalue weighted by molar-refractivity contribution is -0.130. The molecule has 0 saturated carbocycles. The molecule has 0 spiro atoms. The molecule has 0 bridgehead atoms. The largest absolute Gasteiger partial charge is 0.444 e. The summed E-state index contributed by atoms with van der Waals surface area (Å²) in [5.41, 5.74) is 1.31. The van der Waals surface area contributed by atoms with Crippen molar-refractivity contribution in [3.63, 3.8) is 0 Å². The third-order valence-electron chi connectivity index (χ3n) is 4.40. The van der Waals surface area contributed by atoms with Gasteiger partial charge in [0.2, 0.25) is 5.91 Å². The van der Waals surface area contributed by atoms with Crippen molar-refractivity contribution in [2.45, 2.75) is 58.2 Å². The molecule has 1 aromatic rings. The fraction of sp³-hybridized carbons (Fsp3) is 0.700. The maximum Gasteiger partial charge on any atom is 0.410 e. The molecule has 1 aromatic heterocycles. The Kier molecular flexibility index (Phi) is 7.69. The number of aryl methyl sites for hydroxylation is 2. The third-order valence-corrected chi connectivity index (χ3v) is 5.23. The van der Waals surface area contributed by atoms with Gasteiger partial charge >= 0.3 is 6.09 Å². The Morgan fingerprint density at radius 3 is 2.54 bits per heavy atom. The summed E-state index contributed by atoms with van der Waals surface area (Å²) in [6.45, 7) is 11.4. The first-order valence-corrected chi connectivity index (χ1v) is 10.7. The lowest BCUT2D eigenvalue weighted by Crippen LogP contribution is -2.45. The highest BCUT2D eigenvalue weighted by Gasteiger charge is 2.27. The van der Waals surface area contributed by atoms with E-state index < -0.39 is 5.60 Å². The van der Waals surface area contributed by atoms with Crippen molar-refractivity contribution in [1.29, 1.82) is 0 Å². The Morgan fingerprint density at radius 2 is 1.93 bits per heavy atom. The number of hydrogen-bond acceptors (Lipinski definition) is 6. The number of thioether (sulfide) groups is 1. The SMILES string of the molecule is Cc1cc(C)nc(SCC(=O)N2CCC[C@H](CN(C)C(=O)OC(C)(C)C)C2)n1. The highest BCUT2D eigenvalue weighted by atomic mass is 32.2. The molecule has 0 aromatic carbocycles. The summed E-state index contributed by atoms with van der Waals surface area (Å²) in [6.07, 6.45) is 1.63. The van der Waals surface area contributed by atoms with Gasteiger partial charge in [0.15, 0.2) is 5.16 Å². The van der Waals surface area contributed by atoms with E-state index >= 15 is 0 Å². The third kappa shape index (κ3) is 7.30. The second kappa shape index (κ2) is 9.58. The number of amides is 2. The standard InChI is InChI=1S/C20H32N4O3S/c1-14-10-15(2)22-18(21-14)28-13-17(25)24-9-7-8-16(12-24)11-23(6)19(26)27-20(3,4)5/h10,16H,7-9,11-13H2,1-6H3/t16-/m1/s1. The highest BCUT2D eigenvalue weighted by Crippen LogP contribution is 2.21. The van der Waals surface area contributed by atoms with Crippen LogP contribution in [0.25, 0.3) is 0 Å². The first-order valence-electron chi connectivity index (χ1n) is 9.70. The first kappa shape index (κ1) is 22.5. The van der Waals surface area contributed by atoms with E-state index in [2.05, 4.69) is 9.97 Å². The van der Waals surface area contributed by atoms with E-state index in [0.29, 0.717) is 24.0 Å². The van der Waals surface area contributed by atoms with Crippen LogP contribution in [0.4, 0.5) is 4.79 Å². The predicted molar refractivity (Wildman–Crippen MR) is 110 cm³/mol. The molecular formula is C20H32N4O3S. The predicted octanol–water partition coefficient (Wildman–Crippen LogP) is 3.29. The quantitative estimate of drug-likeness (QED) is 0.550. The smallest absolute Gasteiger partial charge is 0.410 e. The van der Waals surface area contributed by atoms with E-state index in [4.69, 9.17) is 4.74 Å². The topological polar surface area (TPSA) is 75.6 Å². The van der Waals surface area contributed by atoms with Crippen molar-refractivity contribution < 1.29 is 14.3 Å². The minimum Gasteiger partial charge on any atom is -0.444 e. The van der Waals surface area contributed by atoms with Gasteiger partial charge in [0.05, 0.1) is 5.75 Å². The van der Waals surface area contributed by atoms with Crippen LogP contribution < -0.4 is 0 Å². The maximum atomic E-state index is 12.6. The molecule has 0 radical (unpaired) electrons. The fourth-order valence-corrected chi connectivity index (χ4v) is 4.07. The van der Waals surface area contributed by atoms with Crippen molar-refractivity contribution in [1.82, 2.24) is 19.8 Å². The van der Waals surface area contributed by atoms with Crippen molar-refractivity contribution in [3.8, 4) is 0 Å². The summed E-state index contributed by atoms with van der Waals surface area (Å²) in [7, 11) is 1.75. The van der Waals surface area contributed by atoms with E-state index in [1.165, 1.54) is 11.8 Å². The second-order valence-corrected chi connectivity index (χ2v) is 9.37. The molecule has 2 heterocycles. The number of hydrogen-bond donors (Lipinski definition) is 0. The van der Waals surface area contributed by atoms with E-state index in [1.54, 1.807) is 11.9 Å². The van der Waals surface area contributed by atoms with Crippen LogP contribution in [0, 0.1) is 19.8 Å². The summed E-state index contributed by atoms with van der Waals surface area (Å²) in [6, 6.07) is 1.92. The molecule has 156 valence electrons. The van der Waals surface area contributed by atoms with Gasteiger partial charge in [0.25, 0.3) is 0 Å². The zero-order chi connectivity index (χ0) is 20.9. The lowest BCUT2D eigenvalue weighted by atomic mass is 9.97. The van der Waals surface area contributed by atoms with Gasteiger partial charge in [-0.1, -0.05) is 11.8 Å². The summed E-state index contributed by atoms with van der Waals surface area (Å²) >= 11 is 1.38. The molecule has 2 rings (SSSR count). The van der Waals surface area contributed by atoms with E-state index in [0.717, 1.165) is 30.8 Å². The molecule has 0 N–H and O–H groups in total. The van der Waals surface area contributed by atoms with Crippen molar-refractivity contribution in [3.05, 3.63) is 17.5 Å². The Bertz CT molecular complexity index is 685. The molecule has 1 atom stereocenters. The maximum absolute atomic E-state index is 12.6. The summed E-state index contributed by atoms with van der Waals surface area (Å²) in [5, 5.41) is 0.643. The number of nitrogens with zero attached hydrogens (tertiary/aromatic N) is 4. The number of ether oxygens (including phenoxy) is 1. The molecule has 0 aliphatic carbocycles. The molecule has 28 heavy (non-hydrogen) atoms. The van der Waals surface area contributed by atoms with Gasteiger partial charge in [-0.25, -0.2) is 14.8 Å². The van der Waals surface area contributed by atoms with Gasteiger partial charge < -0.3 is 14.5 Å². The van der Waals surface area contributed by atoms with E-state index in [-0.39, 0.29) is 17.9 Å².